The van der Waals surface area contributed by atoms with Gasteiger partial charge < -0.3 is 24.7 Å². The fraction of sp³-hybridized carbons (Fsp3) is 0.389. The van der Waals surface area contributed by atoms with Gasteiger partial charge >= 0.3 is 0 Å². The van der Waals surface area contributed by atoms with Crippen LogP contribution in [0.3, 0.4) is 0 Å². The van der Waals surface area contributed by atoms with E-state index in [0.29, 0.717) is 6.54 Å². The van der Waals surface area contributed by atoms with Crippen LogP contribution >= 0.6 is 0 Å². The van der Waals surface area contributed by atoms with Gasteiger partial charge in [-0.1, -0.05) is 12.1 Å². The number of methoxy groups -OCH3 is 1. The van der Waals surface area contributed by atoms with E-state index in [1.54, 1.807) is 20.4 Å². The molecule has 2 rings (SSSR count). The number of likely N-dealkylation sites (N-methyl/N-ethyl adjacent to an activating group) is 1. The molecule has 0 fully saturated rings. The van der Waals surface area contributed by atoms with Crippen molar-refractivity contribution in [2.75, 3.05) is 34.8 Å². The van der Waals surface area contributed by atoms with Crippen LogP contribution in [0.15, 0.2) is 52.1 Å². The third kappa shape index (κ3) is 5.03. The second-order valence-electron chi connectivity index (χ2n) is 5.64. The number of hydrogen-bond acceptors (Lipinski definition) is 4. The predicted octanol–water partition coefficient (Wildman–Crippen LogP) is 2.26. The summed E-state index contributed by atoms with van der Waals surface area (Å²) in [5.41, 5.74) is 1.19. The predicted molar refractivity (Wildman–Crippen MR) is 96.3 cm³/mol. The number of nitrogens with one attached hydrogen (secondary N) is 2. The Morgan fingerprint density at radius 2 is 2.08 bits per heavy atom. The van der Waals surface area contributed by atoms with Crippen LogP contribution in [0.25, 0.3) is 0 Å². The number of benzene rings is 1. The van der Waals surface area contributed by atoms with Gasteiger partial charge in [0.1, 0.15) is 11.5 Å². The highest BCUT2D eigenvalue weighted by atomic mass is 16.5. The van der Waals surface area contributed by atoms with Gasteiger partial charge in [0, 0.05) is 13.6 Å². The molecule has 6 heteroatoms. The lowest BCUT2D eigenvalue weighted by Gasteiger charge is -2.26. The van der Waals surface area contributed by atoms with E-state index < -0.39 is 0 Å². The first-order chi connectivity index (χ1) is 11.6. The summed E-state index contributed by atoms with van der Waals surface area (Å²) >= 11 is 0. The van der Waals surface area contributed by atoms with E-state index in [4.69, 9.17) is 9.15 Å². The molecule has 6 nitrogen and oxygen atoms in total. The number of guanidine groups is 1. The molecule has 1 aromatic carbocycles. The maximum atomic E-state index is 5.33. The molecule has 1 atom stereocenters. The summed E-state index contributed by atoms with van der Waals surface area (Å²) in [4.78, 5) is 6.42. The Hall–Kier alpha value is -2.47. The van der Waals surface area contributed by atoms with Gasteiger partial charge in [-0.25, -0.2) is 0 Å². The topological polar surface area (TPSA) is 62.0 Å². The summed E-state index contributed by atoms with van der Waals surface area (Å²) in [5, 5.41) is 6.61. The zero-order valence-electron chi connectivity index (χ0n) is 14.7. The van der Waals surface area contributed by atoms with Crippen LogP contribution < -0.4 is 15.4 Å². The Balaban J connectivity index is 1.96. The van der Waals surface area contributed by atoms with Crippen LogP contribution in [-0.4, -0.2) is 45.7 Å². The van der Waals surface area contributed by atoms with Crippen molar-refractivity contribution in [2.45, 2.75) is 12.6 Å². The van der Waals surface area contributed by atoms with Gasteiger partial charge in [-0.05, 0) is 43.9 Å². The second kappa shape index (κ2) is 8.98. The van der Waals surface area contributed by atoms with Crippen molar-refractivity contribution < 1.29 is 9.15 Å². The van der Waals surface area contributed by atoms with Crippen molar-refractivity contribution >= 4 is 5.96 Å². The second-order valence-corrected chi connectivity index (χ2v) is 5.64. The van der Waals surface area contributed by atoms with Crippen molar-refractivity contribution in [3.8, 4) is 5.75 Å². The molecule has 0 unspecified atom stereocenters. The van der Waals surface area contributed by atoms with Crippen LogP contribution in [0, 0.1) is 0 Å². The molecule has 0 aliphatic heterocycles. The molecule has 0 aliphatic carbocycles. The third-order valence-electron chi connectivity index (χ3n) is 3.80. The van der Waals surface area contributed by atoms with Gasteiger partial charge in [0.2, 0.25) is 0 Å². The molecule has 0 spiro atoms. The average Bonchev–Trinajstić information content (AvgIpc) is 3.11. The number of aliphatic imine (C=N–C) groups is 1. The maximum absolute atomic E-state index is 5.33. The minimum Gasteiger partial charge on any atom is -0.497 e. The normalized spacial score (nSPS) is 13.0. The molecule has 2 N–H and O–H groups in total. The third-order valence-corrected chi connectivity index (χ3v) is 3.80. The highest BCUT2D eigenvalue weighted by molar-refractivity contribution is 5.79. The highest BCUT2D eigenvalue weighted by Gasteiger charge is 2.15. The van der Waals surface area contributed by atoms with E-state index >= 15 is 0 Å². The first-order valence-corrected chi connectivity index (χ1v) is 7.91. The Morgan fingerprint density at radius 3 is 2.71 bits per heavy atom. The SMILES string of the molecule is CN=C(NCc1ccco1)NC[C@@H](c1cccc(OC)c1)N(C)C. The van der Waals surface area contributed by atoms with Crippen LogP contribution in [-0.2, 0) is 6.54 Å². The lowest BCUT2D eigenvalue weighted by molar-refractivity contribution is 0.297. The van der Waals surface area contributed by atoms with Crippen molar-refractivity contribution in [1.29, 1.82) is 0 Å². The molecule has 130 valence electrons. The molecule has 0 bridgehead atoms. The van der Waals surface area contributed by atoms with Crippen molar-refractivity contribution in [2.24, 2.45) is 4.99 Å². The number of rotatable bonds is 7. The van der Waals surface area contributed by atoms with Crippen molar-refractivity contribution in [1.82, 2.24) is 15.5 Å². The average molecular weight is 330 g/mol. The molecule has 1 heterocycles. The fourth-order valence-corrected chi connectivity index (χ4v) is 2.45. The summed E-state index contributed by atoms with van der Waals surface area (Å²) in [6.07, 6.45) is 1.66. The Morgan fingerprint density at radius 1 is 1.25 bits per heavy atom. The van der Waals surface area contributed by atoms with Crippen molar-refractivity contribution in [3.05, 3.63) is 54.0 Å². The van der Waals surface area contributed by atoms with Crippen molar-refractivity contribution in [3.63, 3.8) is 0 Å². The van der Waals surface area contributed by atoms with E-state index in [0.717, 1.165) is 24.0 Å². The largest absolute Gasteiger partial charge is 0.497 e. The highest BCUT2D eigenvalue weighted by Crippen LogP contribution is 2.22. The summed E-state index contributed by atoms with van der Waals surface area (Å²) in [6.45, 7) is 1.32. The summed E-state index contributed by atoms with van der Waals surface area (Å²) in [7, 11) is 7.56. The maximum Gasteiger partial charge on any atom is 0.191 e. The molecule has 24 heavy (non-hydrogen) atoms. The Labute approximate surface area is 143 Å². The van der Waals surface area contributed by atoms with Gasteiger partial charge in [-0.2, -0.15) is 0 Å². The minimum absolute atomic E-state index is 0.197. The van der Waals surface area contributed by atoms with E-state index in [1.165, 1.54) is 5.56 Å². The molecule has 0 radical (unpaired) electrons. The van der Waals surface area contributed by atoms with Crippen LogP contribution in [0.1, 0.15) is 17.4 Å². The van der Waals surface area contributed by atoms with Gasteiger partial charge in [0.05, 0.1) is 26.0 Å². The van der Waals surface area contributed by atoms with Gasteiger partial charge in [-0.3, -0.25) is 4.99 Å². The van der Waals surface area contributed by atoms with Crippen LogP contribution in [0.5, 0.6) is 5.75 Å². The molecule has 0 saturated heterocycles. The summed E-state index contributed by atoms with van der Waals surface area (Å²) < 4.78 is 10.6. The monoisotopic (exact) mass is 330 g/mol. The summed E-state index contributed by atoms with van der Waals surface area (Å²) in [6, 6.07) is 12.1. The number of furan rings is 1. The minimum atomic E-state index is 0.197. The van der Waals surface area contributed by atoms with Gasteiger partial charge in [-0.15, -0.1) is 0 Å². The van der Waals surface area contributed by atoms with Crippen LogP contribution in [0.2, 0.25) is 0 Å². The number of ether oxygens (including phenoxy) is 1. The van der Waals surface area contributed by atoms with Crippen LogP contribution in [0.4, 0.5) is 0 Å². The first-order valence-electron chi connectivity index (χ1n) is 7.91. The number of nitrogens with zero attached hydrogens (tertiary/aromatic N) is 2. The molecule has 0 aliphatic rings. The Kier molecular flexibility index (Phi) is 6.69. The number of hydrogen-bond donors (Lipinski definition) is 2. The zero-order valence-corrected chi connectivity index (χ0v) is 14.7. The molecular formula is C18H26N4O2. The molecule has 0 saturated carbocycles. The van der Waals surface area contributed by atoms with E-state index in [9.17, 15) is 0 Å². The first kappa shape index (κ1) is 17.9. The molecule has 2 aromatic rings. The fourth-order valence-electron chi connectivity index (χ4n) is 2.45. The lowest BCUT2D eigenvalue weighted by atomic mass is 10.1. The standard InChI is InChI=1S/C18H26N4O2/c1-19-18(20-12-16-9-6-10-24-16)21-13-17(22(2)3)14-7-5-8-15(11-14)23-4/h5-11,17H,12-13H2,1-4H3,(H2,19,20,21)/t17-/m0/s1. The zero-order chi connectivity index (χ0) is 17.4. The summed E-state index contributed by atoms with van der Waals surface area (Å²) in [5.74, 6) is 2.47. The van der Waals surface area contributed by atoms with Gasteiger partial charge in [0.15, 0.2) is 5.96 Å². The smallest absolute Gasteiger partial charge is 0.191 e. The van der Waals surface area contributed by atoms with E-state index in [1.807, 2.05) is 24.3 Å². The molecule has 1 aromatic heterocycles. The Bertz CT molecular complexity index is 638. The quantitative estimate of drug-likeness (QED) is 0.602. The molecular weight excluding hydrogens is 304 g/mol. The lowest BCUT2D eigenvalue weighted by Crippen LogP contribution is -2.41. The van der Waals surface area contributed by atoms with E-state index in [-0.39, 0.29) is 6.04 Å². The molecule has 0 amide bonds. The van der Waals surface area contributed by atoms with E-state index in [2.05, 4.69) is 46.8 Å². The van der Waals surface area contributed by atoms with Gasteiger partial charge in [0.25, 0.3) is 0 Å².